The summed E-state index contributed by atoms with van der Waals surface area (Å²) in [7, 11) is 1.84. The van der Waals surface area contributed by atoms with Gasteiger partial charge in [-0.1, -0.05) is 19.9 Å². The summed E-state index contributed by atoms with van der Waals surface area (Å²) in [4.78, 5) is 21.5. The fraction of sp³-hybridized carbons (Fsp3) is 0.294. The highest BCUT2D eigenvalue weighted by Crippen LogP contribution is 2.25. The molecule has 0 spiro atoms. The normalized spacial score (nSPS) is 11.2. The van der Waals surface area contributed by atoms with Gasteiger partial charge in [-0.2, -0.15) is 5.10 Å². The molecule has 0 unspecified atom stereocenters. The van der Waals surface area contributed by atoms with Crippen molar-refractivity contribution in [3.8, 4) is 0 Å². The molecular weight excluding hydrogens is 290 g/mol. The minimum Gasteiger partial charge on any atom is -0.307 e. The fourth-order valence-corrected chi connectivity index (χ4v) is 2.56. The first kappa shape index (κ1) is 15.1. The molecule has 3 aromatic heterocycles. The van der Waals surface area contributed by atoms with Crippen LogP contribution in [0, 0.1) is 6.92 Å². The van der Waals surface area contributed by atoms with Crippen LogP contribution in [0.3, 0.4) is 0 Å². The highest BCUT2D eigenvalue weighted by atomic mass is 16.1. The minimum atomic E-state index is -0.200. The minimum absolute atomic E-state index is 0.200. The molecule has 23 heavy (non-hydrogen) atoms. The Kier molecular flexibility index (Phi) is 3.82. The Hall–Kier alpha value is -2.76. The fourth-order valence-electron chi connectivity index (χ4n) is 2.56. The maximum absolute atomic E-state index is 12.7. The summed E-state index contributed by atoms with van der Waals surface area (Å²) in [5.41, 5.74) is 2.96. The van der Waals surface area contributed by atoms with Gasteiger partial charge >= 0.3 is 0 Å². The summed E-state index contributed by atoms with van der Waals surface area (Å²) in [5, 5.41) is 8.02. The number of aromatic nitrogens is 4. The standard InChI is InChI=1S/C17H19N5O/c1-10(2)13-9-12(15-11(3)21-22(4)16(15)19-13)17(23)20-14-7-5-6-8-18-14/h5-10H,1-4H3,(H,18,20,23). The number of nitrogens with zero attached hydrogens (tertiary/aromatic N) is 4. The third-order valence-electron chi connectivity index (χ3n) is 3.73. The molecule has 0 bridgehead atoms. The molecule has 3 heterocycles. The number of nitrogens with one attached hydrogen (secondary N) is 1. The van der Waals surface area contributed by atoms with E-state index < -0.39 is 0 Å². The van der Waals surface area contributed by atoms with E-state index in [0.717, 1.165) is 22.4 Å². The average Bonchev–Trinajstić information content (AvgIpc) is 2.82. The first-order chi connectivity index (χ1) is 11.0. The Morgan fingerprint density at radius 1 is 1.30 bits per heavy atom. The van der Waals surface area contributed by atoms with E-state index in [2.05, 4.69) is 34.2 Å². The number of fused-ring (bicyclic) bond motifs is 1. The van der Waals surface area contributed by atoms with E-state index in [9.17, 15) is 4.79 Å². The molecule has 1 amide bonds. The first-order valence-electron chi connectivity index (χ1n) is 7.54. The molecule has 0 saturated heterocycles. The van der Waals surface area contributed by atoms with Gasteiger partial charge in [-0.25, -0.2) is 9.97 Å². The van der Waals surface area contributed by atoms with Crippen LogP contribution in [0.2, 0.25) is 0 Å². The van der Waals surface area contributed by atoms with Gasteiger partial charge < -0.3 is 5.32 Å². The number of aryl methyl sites for hydroxylation is 2. The number of carbonyl (C=O) groups excluding carboxylic acids is 1. The van der Waals surface area contributed by atoms with Crippen LogP contribution in [0.15, 0.2) is 30.5 Å². The lowest BCUT2D eigenvalue weighted by Crippen LogP contribution is -2.14. The molecule has 0 saturated carbocycles. The van der Waals surface area contributed by atoms with Crippen molar-refractivity contribution in [3.05, 3.63) is 47.4 Å². The summed E-state index contributed by atoms with van der Waals surface area (Å²) in [6.45, 7) is 5.99. The van der Waals surface area contributed by atoms with Crippen LogP contribution in [-0.4, -0.2) is 25.7 Å². The number of anilines is 1. The molecule has 0 aliphatic heterocycles. The van der Waals surface area contributed by atoms with E-state index in [1.54, 1.807) is 16.9 Å². The van der Waals surface area contributed by atoms with Crippen molar-refractivity contribution in [1.82, 2.24) is 19.7 Å². The second-order valence-electron chi connectivity index (χ2n) is 5.83. The van der Waals surface area contributed by atoms with Crippen LogP contribution in [-0.2, 0) is 7.05 Å². The Bertz CT molecular complexity index is 868. The highest BCUT2D eigenvalue weighted by molar-refractivity contribution is 6.12. The molecule has 3 aromatic rings. The molecular formula is C17H19N5O. The Morgan fingerprint density at radius 2 is 2.09 bits per heavy atom. The first-order valence-corrected chi connectivity index (χ1v) is 7.54. The maximum atomic E-state index is 12.7. The van der Waals surface area contributed by atoms with Crippen LogP contribution < -0.4 is 5.32 Å². The van der Waals surface area contributed by atoms with Crippen LogP contribution >= 0.6 is 0 Å². The molecule has 1 N–H and O–H groups in total. The van der Waals surface area contributed by atoms with Gasteiger partial charge in [-0.05, 0) is 31.0 Å². The van der Waals surface area contributed by atoms with Crippen molar-refractivity contribution in [2.45, 2.75) is 26.7 Å². The van der Waals surface area contributed by atoms with Gasteiger partial charge in [0.2, 0.25) is 0 Å². The van der Waals surface area contributed by atoms with E-state index in [1.807, 2.05) is 32.2 Å². The number of amides is 1. The smallest absolute Gasteiger partial charge is 0.257 e. The summed E-state index contributed by atoms with van der Waals surface area (Å²) >= 11 is 0. The average molecular weight is 309 g/mol. The monoisotopic (exact) mass is 309 g/mol. The predicted molar refractivity (Wildman–Crippen MR) is 89.5 cm³/mol. The van der Waals surface area contributed by atoms with Crippen molar-refractivity contribution in [2.75, 3.05) is 5.32 Å². The number of rotatable bonds is 3. The molecule has 0 aliphatic rings. The topological polar surface area (TPSA) is 72.7 Å². The molecule has 118 valence electrons. The second-order valence-corrected chi connectivity index (χ2v) is 5.83. The van der Waals surface area contributed by atoms with Crippen molar-refractivity contribution in [3.63, 3.8) is 0 Å². The lowest BCUT2D eigenvalue weighted by molar-refractivity contribution is 0.102. The second kappa shape index (κ2) is 5.79. The largest absolute Gasteiger partial charge is 0.307 e. The van der Waals surface area contributed by atoms with Gasteiger partial charge in [-0.3, -0.25) is 9.48 Å². The maximum Gasteiger partial charge on any atom is 0.257 e. The van der Waals surface area contributed by atoms with Crippen LogP contribution in [0.1, 0.15) is 41.5 Å². The highest BCUT2D eigenvalue weighted by Gasteiger charge is 2.19. The predicted octanol–water partition coefficient (Wildman–Crippen LogP) is 3.05. The number of hydrogen-bond acceptors (Lipinski definition) is 4. The zero-order chi connectivity index (χ0) is 16.6. The van der Waals surface area contributed by atoms with Gasteiger partial charge in [0, 0.05) is 18.9 Å². The van der Waals surface area contributed by atoms with E-state index in [1.165, 1.54) is 0 Å². The number of pyridine rings is 2. The Labute approximate surface area is 134 Å². The van der Waals surface area contributed by atoms with Crippen molar-refractivity contribution in [1.29, 1.82) is 0 Å². The molecule has 0 aromatic carbocycles. The SMILES string of the molecule is Cc1nn(C)c2nc(C(C)C)cc(C(=O)Nc3ccccn3)c12. The van der Waals surface area contributed by atoms with Crippen molar-refractivity contribution in [2.24, 2.45) is 7.05 Å². The zero-order valence-corrected chi connectivity index (χ0v) is 13.7. The van der Waals surface area contributed by atoms with Crippen molar-refractivity contribution >= 4 is 22.8 Å². The van der Waals surface area contributed by atoms with E-state index >= 15 is 0 Å². The van der Waals surface area contributed by atoms with Gasteiger partial charge in [0.1, 0.15) is 5.82 Å². The molecule has 0 aliphatic carbocycles. The summed E-state index contributed by atoms with van der Waals surface area (Å²) in [6, 6.07) is 7.25. The summed E-state index contributed by atoms with van der Waals surface area (Å²) in [6.07, 6.45) is 1.65. The molecule has 0 fully saturated rings. The molecule has 0 atom stereocenters. The number of carbonyl (C=O) groups is 1. The summed E-state index contributed by atoms with van der Waals surface area (Å²) in [5.74, 6) is 0.542. The van der Waals surface area contributed by atoms with E-state index in [4.69, 9.17) is 0 Å². The summed E-state index contributed by atoms with van der Waals surface area (Å²) < 4.78 is 1.72. The lowest BCUT2D eigenvalue weighted by atomic mass is 10.0. The van der Waals surface area contributed by atoms with Crippen LogP contribution in [0.4, 0.5) is 5.82 Å². The van der Waals surface area contributed by atoms with Crippen LogP contribution in [0.5, 0.6) is 0 Å². The molecule has 3 rings (SSSR count). The Morgan fingerprint density at radius 3 is 2.74 bits per heavy atom. The van der Waals surface area contributed by atoms with Crippen LogP contribution in [0.25, 0.3) is 11.0 Å². The number of hydrogen-bond donors (Lipinski definition) is 1. The molecule has 6 nitrogen and oxygen atoms in total. The quantitative estimate of drug-likeness (QED) is 0.807. The van der Waals surface area contributed by atoms with Gasteiger partial charge in [-0.15, -0.1) is 0 Å². The van der Waals surface area contributed by atoms with E-state index in [0.29, 0.717) is 11.4 Å². The Balaban J connectivity index is 2.13. The third kappa shape index (κ3) is 2.79. The van der Waals surface area contributed by atoms with Crippen molar-refractivity contribution < 1.29 is 4.79 Å². The molecule has 0 radical (unpaired) electrons. The van der Waals surface area contributed by atoms with Gasteiger partial charge in [0.05, 0.1) is 16.6 Å². The zero-order valence-electron chi connectivity index (χ0n) is 13.7. The lowest BCUT2D eigenvalue weighted by Gasteiger charge is -2.10. The third-order valence-corrected chi connectivity index (χ3v) is 3.73. The van der Waals surface area contributed by atoms with Gasteiger partial charge in [0.15, 0.2) is 5.65 Å². The van der Waals surface area contributed by atoms with E-state index in [-0.39, 0.29) is 11.8 Å². The molecule has 6 heteroatoms. The van der Waals surface area contributed by atoms with Gasteiger partial charge in [0.25, 0.3) is 5.91 Å².